The molecule has 1 unspecified atom stereocenters. The summed E-state index contributed by atoms with van der Waals surface area (Å²) in [5.74, 6) is 1.10. The van der Waals surface area contributed by atoms with Crippen LogP contribution in [-0.4, -0.2) is 20.3 Å². The van der Waals surface area contributed by atoms with Gasteiger partial charge < -0.3 is 4.43 Å². The number of rotatable bonds is 14. The van der Waals surface area contributed by atoms with Gasteiger partial charge in [0.05, 0.1) is 0 Å². The van der Waals surface area contributed by atoms with Crippen molar-refractivity contribution < 1.29 is 9.22 Å². The number of nitrogens with zero attached hydrogens (tertiary/aromatic N) is 1. The monoisotopic (exact) mass is 512 g/mol. The van der Waals surface area contributed by atoms with Gasteiger partial charge in [-0.25, -0.2) is 4.98 Å². The predicted molar refractivity (Wildman–Crippen MR) is 158 cm³/mol. The number of aldehydes is 1. The highest BCUT2D eigenvalue weighted by Crippen LogP contribution is 2.34. The molecule has 0 fully saturated rings. The van der Waals surface area contributed by atoms with Gasteiger partial charge in [-0.2, -0.15) is 0 Å². The van der Waals surface area contributed by atoms with Gasteiger partial charge >= 0.3 is 9.04 Å². The molecule has 1 atom stereocenters. The lowest BCUT2D eigenvalue weighted by atomic mass is 9.77. The zero-order valence-electron chi connectivity index (χ0n) is 23.0. The molecule has 195 valence electrons. The second-order valence-electron chi connectivity index (χ2n) is 10.8. The van der Waals surface area contributed by atoms with Crippen molar-refractivity contribution in [1.82, 2.24) is 4.98 Å². The number of carbonyl (C=O) groups excluding carboxylic acids is 1. The molecule has 3 nitrogen and oxygen atoms in total. The van der Waals surface area contributed by atoms with E-state index in [9.17, 15) is 4.79 Å². The van der Waals surface area contributed by atoms with E-state index >= 15 is 0 Å². The molecule has 0 bridgehead atoms. The van der Waals surface area contributed by atoms with Crippen LogP contribution in [0.5, 0.6) is 0 Å². The van der Waals surface area contributed by atoms with Gasteiger partial charge in [-0.05, 0) is 46.3 Å². The van der Waals surface area contributed by atoms with Crippen molar-refractivity contribution in [1.29, 1.82) is 0 Å². The van der Waals surface area contributed by atoms with Crippen molar-refractivity contribution in [2.75, 3.05) is 0 Å². The Morgan fingerprint density at radius 2 is 1.43 bits per heavy atom. The van der Waals surface area contributed by atoms with Crippen LogP contribution in [0.1, 0.15) is 88.8 Å². The Morgan fingerprint density at radius 1 is 0.838 bits per heavy atom. The Hall–Kier alpha value is -2.98. The first kappa shape index (κ1) is 28.6. The lowest BCUT2D eigenvalue weighted by molar-refractivity contribution is 0.111. The second-order valence-corrected chi connectivity index (χ2v) is 12.8. The SMILES string of the molecule is CCCCCCCCC(/C=C(/O[Si](c1ccccc1)c1ccccc1)c1cccc(C=O)n1)C(C)(C)C. The molecular weight excluding hydrogens is 470 g/mol. The Morgan fingerprint density at radius 3 is 2.00 bits per heavy atom. The predicted octanol–water partition coefficient (Wildman–Crippen LogP) is 7.47. The molecule has 1 heterocycles. The first-order valence-corrected chi connectivity index (χ1v) is 15.1. The molecule has 3 rings (SSSR count). The standard InChI is InChI=1S/C33H42NO2Si/c1-5-6-7-8-9-12-18-27(33(2,3)4)25-32(31-24-17-19-28(26-35)34-31)36-37(29-20-13-10-14-21-29)30-22-15-11-16-23-30/h10-11,13-17,19-27H,5-9,12,18H2,1-4H3/b32-25+. The van der Waals surface area contributed by atoms with E-state index in [2.05, 4.69) is 87.3 Å². The summed E-state index contributed by atoms with van der Waals surface area (Å²) in [6.45, 7) is 9.17. The van der Waals surface area contributed by atoms with Crippen LogP contribution in [0.3, 0.4) is 0 Å². The minimum Gasteiger partial charge on any atom is -0.531 e. The van der Waals surface area contributed by atoms with Gasteiger partial charge in [0, 0.05) is 0 Å². The first-order chi connectivity index (χ1) is 17.9. The number of aromatic nitrogens is 1. The summed E-state index contributed by atoms with van der Waals surface area (Å²) < 4.78 is 6.98. The molecule has 0 saturated carbocycles. The topological polar surface area (TPSA) is 39.2 Å². The maximum Gasteiger partial charge on any atom is 0.352 e. The van der Waals surface area contributed by atoms with Crippen molar-refractivity contribution in [2.24, 2.45) is 11.3 Å². The largest absolute Gasteiger partial charge is 0.531 e. The van der Waals surface area contributed by atoms with Crippen LogP contribution in [0.2, 0.25) is 0 Å². The molecule has 0 amide bonds. The van der Waals surface area contributed by atoms with Gasteiger partial charge in [0.25, 0.3) is 0 Å². The van der Waals surface area contributed by atoms with Crippen molar-refractivity contribution in [2.45, 2.75) is 72.6 Å². The smallest absolute Gasteiger partial charge is 0.352 e. The highest BCUT2D eigenvalue weighted by molar-refractivity contribution is 6.80. The van der Waals surface area contributed by atoms with Crippen molar-refractivity contribution >= 4 is 31.5 Å². The molecular formula is C33H42NO2Si. The van der Waals surface area contributed by atoms with Gasteiger partial charge in [-0.15, -0.1) is 0 Å². The molecule has 37 heavy (non-hydrogen) atoms. The molecule has 0 aliphatic rings. The third-order valence-electron chi connectivity index (χ3n) is 6.76. The molecule has 2 aromatic carbocycles. The maximum absolute atomic E-state index is 11.6. The van der Waals surface area contributed by atoms with E-state index in [1.807, 2.05) is 24.3 Å². The Kier molecular flexibility index (Phi) is 11.3. The average Bonchev–Trinajstić information content (AvgIpc) is 2.92. The normalized spacial score (nSPS) is 12.9. The number of pyridine rings is 1. The fourth-order valence-electron chi connectivity index (χ4n) is 4.49. The number of allylic oxidation sites excluding steroid dienone is 1. The number of carbonyl (C=O) groups is 1. The Balaban J connectivity index is 1.98. The molecule has 0 aliphatic heterocycles. The minimum atomic E-state index is -1.59. The second kappa shape index (κ2) is 14.7. The van der Waals surface area contributed by atoms with Gasteiger partial charge in [0.2, 0.25) is 0 Å². The molecule has 0 aliphatic carbocycles. The van der Waals surface area contributed by atoms with Crippen LogP contribution >= 0.6 is 0 Å². The summed E-state index contributed by atoms with van der Waals surface area (Å²) in [6, 6.07) is 26.5. The third kappa shape index (κ3) is 9.12. The Bertz CT molecular complexity index is 1070. The first-order valence-electron chi connectivity index (χ1n) is 13.7. The lowest BCUT2D eigenvalue weighted by Crippen LogP contribution is -2.44. The lowest BCUT2D eigenvalue weighted by Gasteiger charge is -2.30. The van der Waals surface area contributed by atoms with E-state index < -0.39 is 9.04 Å². The highest BCUT2D eigenvalue weighted by atomic mass is 28.3. The van der Waals surface area contributed by atoms with E-state index in [-0.39, 0.29) is 5.41 Å². The molecule has 3 aromatic rings. The van der Waals surface area contributed by atoms with Crippen LogP contribution in [0.15, 0.2) is 84.9 Å². The van der Waals surface area contributed by atoms with Gasteiger partial charge in [0.1, 0.15) is 17.1 Å². The van der Waals surface area contributed by atoms with Crippen LogP contribution in [0, 0.1) is 11.3 Å². The van der Waals surface area contributed by atoms with Crippen molar-refractivity contribution in [3.05, 3.63) is 96.3 Å². The fraction of sp³-hybridized carbons (Fsp3) is 0.394. The zero-order valence-corrected chi connectivity index (χ0v) is 24.0. The average molecular weight is 513 g/mol. The van der Waals surface area contributed by atoms with Crippen molar-refractivity contribution in [3.63, 3.8) is 0 Å². The van der Waals surface area contributed by atoms with Gasteiger partial charge in [0.15, 0.2) is 6.29 Å². The van der Waals surface area contributed by atoms with Gasteiger partial charge in [-0.3, -0.25) is 4.79 Å². The molecule has 4 heteroatoms. The molecule has 0 N–H and O–H groups in total. The minimum absolute atomic E-state index is 0.0761. The van der Waals surface area contributed by atoms with E-state index in [4.69, 9.17) is 4.43 Å². The summed E-state index contributed by atoms with van der Waals surface area (Å²) in [5, 5.41) is 2.36. The van der Waals surface area contributed by atoms with Crippen molar-refractivity contribution in [3.8, 4) is 0 Å². The molecule has 1 radical (unpaired) electrons. The maximum atomic E-state index is 11.6. The van der Waals surface area contributed by atoms with E-state index in [0.29, 0.717) is 11.6 Å². The molecule has 0 spiro atoms. The summed E-state index contributed by atoms with van der Waals surface area (Å²) in [7, 11) is -1.59. The molecule has 1 aromatic heterocycles. The fourth-order valence-corrected chi connectivity index (χ4v) is 6.45. The number of unbranched alkanes of at least 4 members (excludes halogenated alkanes) is 5. The summed E-state index contributed by atoms with van der Waals surface area (Å²) >= 11 is 0. The van der Waals surface area contributed by atoms with E-state index in [0.717, 1.165) is 24.2 Å². The zero-order chi connectivity index (χ0) is 26.5. The van der Waals surface area contributed by atoms with Crippen LogP contribution in [0.4, 0.5) is 0 Å². The summed E-state index contributed by atoms with van der Waals surface area (Å²) in [6.07, 6.45) is 11.9. The molecule has 0 saturated heterocycles. The van der Waals surface area contributed by atoms with Gasteiger partial charge in [-0.1, -0.05) is 133 Å². The Labute approximate surface area is 225 Å². The van der Waals surface area contributed by atoms with Crippen LogP contribution in [0.25, 0.3) is 5.76 Å². The quantitative estimate of drug-likeness (QED) is 0.0973. The number of hydrogen-bond donors (Lipinski definition) is 0. The van der Waals surface area contributed by atoms with Crippen LogP contribution in [-0.2, 0) is 4.43 Å². The number of benzene rings is 2. The number of hydrogen-bond acceptors (Lipinski definition) is 3. The third-order valence-corrected chi connectivity index (χ3v) is 8.90. The van der Waals surface area contributed by atoms with Crippen LogP contribution < -0.4 is 10.4 Å². The summed E-state index contributed by atoms with van der Waals surface area (Å²) in [5.41, 5.74) is 1.21. The summed E-state index contributed by atoms with van der Waals surface area (Å²) in [4.78, 5) is 16.2. The van der Waals surface area contributed by atoms with E-state index in [1.165, 1.54) is 48.9 Å². The highest BCUT2D eigenvalue weighted by Gasteiger charge is 2.27. The van der Waals surface area contributed by atoms with E-state index in [1.54, 1.807) is 6.07 Å².